The molecule has 3 N–H and O–H groups in total. The second kappa shape index (κ2) is 7.78. The van der Waals surface area contributed by atoms with Crippen molar-refractivity contribution in [1.29, 1.82) is 0 Å². The van der Waals surface area contributed by atoms with Crippen molar-refractivity contribution in [1.82, 2.24) is 20.6 Å². The predicted molar refractivity (Wildman–Crippen MR) is 77.1 cm³/mol. The third kappa shape index (κ3) is 4.29. The molecule has 2 rings (SSSR count). The first-order chi connectivity index (χ1) is 10.2. The second-order valence-electron chi connectivity index (χ2n) is 5.18. The molecule has 116 valence electrons. The van der Waals surface area contributed by atoms with E-state index in [9.17, 15) is 9.59 Å². The topological polar surface area (TPSA) is 96.1 Å². The van der Waals surface area contributed by atoms with Crippen LogP contribution in [0.3, 0.4) is 0 Å². The molecule has 21 heavy (non-hydrogen) atoms. The molecule has 0 unspecified atom stereocenters. The number of aromatic nitrogens is 2. The SMILES string of the molecule is COCCNC(=O)c1[nH]cnc1C(=O)NC1CCCCC1. The Morgan fingerprint density at radius 2 is 2.10 bits per heavy atom. The van der Waals surface area contributed by atoms with E-state index in [0.29, 0.717) is 13.2 Å². The maximum atomic E-state index is 12.2. The highest BCUT2D eigenvalue weighted by molar-refractivity contribution is 6.04. The van der Waals surface area contributed by atoms with Crippen LogP contribution in [0.2, 0.25) is 0 Å². The van der Waals surface area contributed by atoms with Crippen molar-refractivity contribution in [3.05, 3.63) is 17.7 Å². The first kappa shape index (κ1) is 15.5. The molecule has 2 amide bonds. The van der Waals surface area contributed by atoms with Crippen LogP contribution in [0.25, 0.3) is 0 Å². The van der Waals surface area contributed by atoms with Crippen molar-refractivity contribution >= 4 is 11.8 Å². The molecule has 0 aliphatic heterocycles. The molecule has 7 heteroatoms. The Morgan fingerprint density at radius 3 is 2.81 bits per heavy atom. The van der Waals surface area contributed by atoms with E-state index in [1.165, 1.54) is 12.7 Å². The Labute approximate surface area is 123 Å². The number of ether oxygens (including phenoxy) is 1. The van der Waals surface area contributed by atoms with E-state index in [2.05, 4.69) is 20.6 Å². The lowest BCUT2D eigenvalue weighted by Crippen LogP contribution is -2.38. The van der Waals surface area contributed by atoms with Gasteiger partial charge >= 0.3 is 0 Å². The number of imidazole rings is 1. The van der Waals surface area contributed by atoms with Crippen molar-refractivity contribution in [3.63, 3.8) is 0 Å². The Balaban J connectivity index is 1.94. The molecule has 1 aliphatic rings. The predicted octanol–water partition coefficient (Wildman–Crippen LogP) is 0.848. The summed E-state index contributed by atoms with van der Waals surface area (Å²) in [6.45, 7) is 0.807. The number of aromatic amines is 1. The van der Waals surface area contributed by atoms with Gasteiger partial charge in [0.2, 0.25) is 0 Å². The van der Waals surface area contributed by atoms with Crippen LogP contribution < -0.4 is 10.6 Å². The van der Waals surface area contributed by atoms with Crippen molar-refractivity contribution < 1.29 is 14.3 Å². The highest BCUT2D eigenvalue weighted by Crippen LogP contribution is 2.18. The number of methoxy groups -OCH3 is 1. The molecule has 0 atom stereocenters. The summed E-state index contributed by atoms with van der Waals surface area (Å²) < 4.78 is 4.87. The van der Waals surface area contributed by atoms with Gasteiger partial charge in [-0.2, -0.15) is 0 Å². The molecule has 1 heterocycles. The van der Waals surface area contributed by atoms with E-state index in [1.54, 1.807) is 7.11 Å². The maximum absolute atomic E-state index is 12.2. The zero-order valence-corrected chi connectivity index (χ0v) is 12.3. The number of carbonyl (C=O) groups excluding carboxylic acids is 2. The number of rotatable bonds is 6. The number of hydrogen-bond acceptors (Lipinski definition) is 4. The average Bonchev–Trinajstić information content (AvgIpc) is 2.98. The summed E-state index contributed by atoms with van der Waals surface area (Å²) in [5.74, 6) is -0.640. The molecule has 0 bridgehead atoms. The fourth-order valence-corrected chi connectivity index (χ4v) is 2.50. The summed E-state index contributed by atoms with van der Waals surface area (Å²) in [4.78, 5) is 30.9. The molecular weight excluding hydrogens is 272 g/mol. The van der Waals surface area contributed by atoms with E-state index >= 15 is 0 Å². The zero-order valence-electron chi connectivity index (χ0n) is 12.3. The molecule has 0 spiro atoms. The van der Waals surface area contributed by atoms with E-state index in [0.717, 1.165) is 25.7 Å². The van der Waals surface area contributed by atoms with Crippen LogP contribution in [0.15, 0.2) is 6.33 Å². The molecule has 0 saturated heterocycles. The first-order valence-corrected chi connectivity index (χ1v) is 7.33. The largest absolute Gasteiger partial charge is 0.383 e. The highest BCUT2D eigenvalue weighted by Gasteiger charge is 2.23. The van der Waals surface area contributed by atoms with Gasteiger partial charge in [-0.15, -0.1) is 0 Å². The summed E-state index contributed by atoms with van der Waals surface area (Å²) >= 11 is 0. The van der Waals surface area contributed by atoms with Gasteiger partial charge in [-0.05, 0) is 12.8 Å². The number of hydrogen-bond donors (Lipinski definition) is 3. The number of carbonyl (C=O) groups is 2. The van der Waals surface area contributed by atoms with E-state index < -0.39 is 0 Å². The van der Waals surface area contributed by atoms with E-state index in [4.69, 9.17) is 4.74 Å². The molecule has 1 saturated carbocycles. The van der Waals surface area contributed by atoms with Crippen LogP contribution in [0.4, 0.5) is 0 Å². The Morgan fingerprint density at radius 1 is 1.33 bits per heavy atom. The van der Waals surface area contributed by atoms with Crippen molar-refractivity contribution in [2.75, 3.05) is 20.3 Å². The summed E-state index contributed by atoms with van der Waals surface area (Å²) in [6, 6.07) is 0.187. The van der Waals surface area contributed by atoms with Gasteiger partial charge in [0.1, 0.15) is 5.69 Å². The summed E-state index contributed by atoms with van der Waals surface area (Å²) in [5, 5.41) is 5.63. The molecule has 0 radical (unpaired) electrons. The maximum Gasteiger partial charge on any atom is 0.272 e. The van der Waals surface area contributed by atoms with Gasteiger partial charge < -0.3 is 20.4 Å². The fourth-order valence-electron chi connectivity index (χ4n) is 2.50. The normalized spacial score (nSPS) is 15.7. The van der Waals surface area contributed by atoms with Gasteiger partial charge in [-0.1, -0.05) is 19.3 Å². The second-order valence-corrected chi connectivity index (χ2v) is 5.18. The Hall–Kier alpha value is -1.89. The Bertz CT molecular complexity index is 480. The standard InChI is InChI=1S/C14H22N4O3/c1-21-8-7-15-13(19)11-12(17-9-16-11)14(20)18-10-5-3-2-4-6-10/h9-10H,2-8H2,1H3,(H,15,19)(H,16,17)(H,18,20). The number of amides is 2. The lowest BCUT2D eigenvalue weighted by Gasteiger charge is -2.22. The van der Waals surface area contributed by atoms with E-state index in [1.807, 2.05) is 0 Å². The molecule has 1 aromatic heterocycles. The molecule has 0 aromatic carbocycles. The van der Waals surface area contributed by atoms with Gasteiger partial charge in [0.15, 0.2) is 5.69 Å². The summed E-state index contributed by atoms with van der Waals surface area (Å²) in [7, 11) is 1.56. The van der Waals surface area contributed by atoms with Gasteiger partial charge in [0.25, 0.3) is 11.8 Å². The van der Waals surface area contributed by atoms with Crippen LogP contribution in [-0.4, -0.2) is 48.1 Å². The van der Waals surface area contributed by atoms with Gasteiger partial charge in [-0.25, -0.2) is 4.98 Å². The smallest absolute Gasteiger partial charge is 0.272 e. The van der Waals surface area contributed by atoms with Crippen LogP contribution in [0, 0.1) is 0 Å². The van der Waals surface area contributed by atoms with E-state index in [-0.39, 0.29) is 29.2 Å². The average molecular weight is 294 g/mol. The fraction of sp³-hybridized carbons (Fsp3) is 0.643. The third-order valence-corrected chi connectivity index (χ3v) is 3.61. The Kier molecular flexibility index (Phi) is 5.74. The minimum atomic E-state index is -0.349. The number of nitrogens with zero attached hydrogens (tertiary/aromatic N) is 1. The van der Waals surface area contributed by atoms with Gasteiger partial charge in [0, 0.05) is 19.7 Å². The van der Waals surface area contributed by atoms with Crippen molar-refractivity contribution in [2.24, 2.45) is 0 Å². The van der Waals surface area contributed by atoms with Gasteiger partial charge in [-0.3, -0.25) is 9.59 Å². The molecule has 1 aliphatic carbocycles. The molecule has 1 fully saturated rings. The van der Waals surface area contributed by atoms with Crippen molar-refractivity contribution in [2.45, 2.75) is 38.1 Å². The van der Waals surface area contributed by atoms with Crippen LogP contribution in [0.5, 0.6) is 0 Å². The van der Waals surface area contributed by atoms with Crippen molar-refractivity contribution in [3.8, 4) is 0 Å². The quantitative estimate of drug-likeness (QED) is 0.678. The first-order valence-electron chi connectivity index (χ1n) is 7.33. The highest BCUT2D eigenvalue weighted by atomic mass is 16.5. The third-order valence-electron chi connectivity index (χ3n) is 3.61. The number of nitrogens with one attached hydrogen (secondary N) is 3. The zero-order chi connectivity index (χ0) is 15.1. The monoisotopic (exact) mass is 294 g/mol. The number of H-pyrrole nitrogens is 1. The summed E-state index contributed by atoms with van der Waals surface area (Å²) in [6.07, 6.45) is 6.84. The summed E-state index contributed by atoms with van der Waals surface area (Å²) in [5.41, 5.74) is 0.343. The molecule has 1 aromatic rings. The minimum Gasteiger partial charge on any atom is -0.383 e. The van der Waals surface area contributed by atoms with Gasteiger partial charge in [0.05, 0.1) is 12.9 Å². The molecule has 7 nitrogen and oxygen atoms in total. The van der Waals surface area contributed by atoms with Crippen LogP contribution >= 0.6 is 0 Å². The minimum absolute atomic E-state index is 0.149. The molecular formula is C14H22N4O3. The lowest BCUT2D eigenvalue weighted by atomic mass is 9.95. The van der Waals surface area contributed by atoms with Crippen LogP contribution in [0.1, 0.15) is 53.1 Å². The van der Waals surface area contributed by atoms with Crippen LogP contribution in [-0.2, 0) is 4.74 Å². The lowest BCUT2D eigenvalue weighted by molar-refractivity contribution is 0.0892.